The highest BCUT2D eigenvalue weighted by molar-refractivity contribution is 5.68. The van der Waals surface area contributed by atoms with Gasteiger partial charge in [0.25, 0.3) is 5.69 Å². The Balaban J connectivity index is 1.42. The third-order valence-electron chi connectivity index (χ3n) is 4.14. The number of nitrogens with one attached hydrogen (secondary N) is 2. The minimum Gasteiger partial charge on any atom is -0.445 e. The number of hydrogen-bond donors (Lipinski definition) is 2. The fourth-order valence-corrected chi connectivity index (χ4v) is 2.78. The van der Waals surface area contributed by atoms with Crippen LogP contribution in [0.3, 0.4) is 0 Å². The summed E-state index contributed by atoms with van der Waals surface area (Å²) in [6, 6.07) is 12.7. The Morgan fingerprint density at radius 3 is 2.62 bits per heavy atom. The maximum atomic E-state index is 13.4. The number of halogens is 1. The van der Waals surface area contributed by atoms with Crippen molar-refractivity contribution in [2.75, 3.05) is 5.32 Å². The van der Waals surface area contributed by atoms with Gasteiger partial charge in [-0.2, -0.15) is 0 Å². The van der Waals surface area contributed by atoms with Crippen molar-refractivity contribution in [3.63, 3.8) is 0 Å². The van der Waals surface area contributed by atoms with E-state index in [2.05, 4.69) is 10.6 Å². The molecule has 8 heteroatoms. The monoisotopic (exact) mass is 359 g/mol. The summed E-state index contributed by atoms with van der Waals surface area (Å²) in [4.78, 5) is 21.9. The first-order chi connectivity index (χ1) is 12.5. The molecule has 0 radical (unpaired) electrons. The van der Waals surface area contributed by atoms with Gasteiger partial charge in [-0.25, -0.2) is 9.18 Å². The first kappa shape index (κ1) is 17.7. The number of alkyl carbamates (subject to hydrolysis) is 1. The summed E-state index contributed by atoms with van der Waals surface area (Å²) >= 11 is 0. The minimum atomic E-state index is -0.666. The molecule has 1 saturated carbocycles. The molecular weight excluding hydrogens is 341 g/mol. The lowest BCUT2D eigenvalue weighted by molar-refractivity contribution is -0.385. The lowest BCUT2D eigenvalue weighted by atomic mass is 9.86. The van der Waals surface area contributed by atoms with Crippen molar-refractivity contribution < 1.29 is 18.8 Å². The number of carbonyl (C=O) groups is 1. The second-order valence-corrected chi connectivity index (χ2v) is 6.17. The highest BCUT2D eigenvalue weighted by Gasteiger charge is 2.31. The number of amides is 1. The maximum absolute atomic E-state index is 13.4. The summed E-state index contributed by atoms with van der Waals surface area (Å²) in [5, 5.41) is 16.6. The molecule has 1 amide bonds. The molecule has 0 spiro atoms. The number of nitro groups is 1. The molecule has 136 valence electrons. The number of carbonyl (C=O) groups excluding carboxylic acids is 1. The smallest absolute Gasteiger partial charge is 0.407 e. The van der Waals surface area contributed by atoms with Crippen LogP contribution in [-0.2, 0) is 11.3 Å². The number of nitro benzene ring substituents is 1. The number of anilines is 1. The van der Waals surface area contributed by atoms with E-state index < -0.39 is 16.8 Å². The zero-order valence-electron chi connectivity index (χ0n) is 13.9. The van der Waals surface area contributed by atoms with Gasteiger partial charge < -0.3 is 15.4 Å². The van der Waals surface area contributed by atoms with E-state index in [4.69, 9.17) is 4.74 Å². The van der Waals surface area contributed by atoms with Gasteiger partial charge in [0.2, 0.25) is 0 Å². The van der Waals surface area contributed by atoms with Crippen LogP contribution in [-0.4, -0.2) is 23.1 Å². The molecule has 0 heterocycles. The standard InChI is InChI=1S/C18H18FN3O4/c19-13-6-14(10-17(7-13)22(24)25)20-15-8-16(9-15)21-18(23)26-11-12-4-2-1-3-5-12/h1-7,10,15-16,20H,8-9,11H2,(H,21,23). The molecule has 0 atom stereocenters. The number of ether oxygens (including phenoxy) is 1. The third kappa shape index (κ3) is 4.69. The van der Waals surface area contributed by atoms with Gasteiger partial charge in [-0.05, 0) is 24.5 Å². The SMILES string of the molecule is O=C(NC1CC(Nc2cc(F)cc([N+](=O)[O-])c2)C1)OCc1ccccc1. The summed E-state index contributed by atoms with van der Waals surface area (Å²) in [5.41, 5.74) is 0.960. The van der Waals surface area contributed by atoms with E-state index in [0.717, 1.165) is 11.6 Å². The van der Waals surface area contributed by atoms with Crippen LogP contribution in [0.25, 0.3) is 0 Å². The quantitative estimate of drug-likeness (QED) is 0.607. The number of nitrogens with zero attached hydrogens (tertiary/aromatic N) is 1. The fourth-order valence-electron chi connectivity index (χ4n) is 2.78. The van der Waals surface area contributed by atoms with Crippen LogP contribution in [0.2, 0.25) is 0 Å². The Morgan fingerprint density at radius 2 is 1.92 bits per heavy atom. The van der Waals surface area contributed by atoms with E-state index in [9.17, 15) is 19.3 Å². The van der Waals surface area contributed by atoms with E-state index in [1.165, 1.54) is 12.1 Å². The van der Waals surface area contributed by atoms with Crippen LogP contribution >= 0.6 is 0 Å². The molecule has 0 aromatic heterocycles. The molecule has 7 nitrogen and oxygen atoms in total. The third-order valence-corrected chi connectivity index (χ3v) is 4.14. The average Bonchev–Trinajstić information content (AvgIpc) is 2.58. The normalized spacial score (nSPS) is 18.5. The van der Waals surface area contributed by atoms with Crippen LogP contribution in [0.5, 0.6) is 0 Å². The summed E-state index contributed by atoms with van der Waals surface area (Å²) in [6.07, 6.45) is 0.772. The van der Waals surface area contributed by atoms with Gasteiger partial charge in [-0.3, -0.25) is 10.1 Å². The van der Waals surface area contributed by atoms with Gasteiger partial charge in [-0.15, -0.1) is 0 Å². The lowest BCUT2D eigenvalue weighted by Gasteiger charge is -2.36. The van der Waals surface area contributed by atoms with E-state index in [1.54, 1.807) is 0 Å². The van der Waals surface area contributed by atoms with Crippen LogP contribution in [0.1, 0.15) is 18.4 Å². The Hall–Kier alpha value is -3.16. The van der Waals surface area contributed by atoms with Crippen LogP contribution < -0.4 is 10.6 Å². The molecule has 0 unspecified atom stereocenters. The fraction of sp³-hybridized carbons (Fsp3) is 0.278. The number of rotatable bonds is 6. The molecule has 1 aliphatic rings. The Bertz CT molecular complexity index is 794. The largest absolute Gasteiger partial charge is 0.445 e. The second kappa shape index (κ2) is 7.81. The van der Waals surface area contributed by atoms with Gasteiger partial charge >= 0.3 is 6.09 Å². The Morgan fingerprint density at radius 1 is 1.19 bits per heavy atom. The predicted octanol–water partition coefficient (Wildman–Crippen LogP) is 3.60. The van der Waals surface area contributed by atoms with Crippen molar-refractivity contribution in [1.82, 2.24) is 5.32 Å². The van der Waals surface area contributed by atoms with Gasteiger partial charge in [-0.1, -0.05) is 30.3 Å². The summed E-state index contributed by atoms with van der Waals surface area (Å²) in [7, 11) is 0. The second-order valence-electron chi connectivity index (χ2n) is 6.17. The van der Waals surface area contributed by atoms with E-state index in [0.29, 0.717) is 18.5 Å². The van der Waals surface area contributed by atoms with Gasteiger partial charge in [0.15, 0.2) is 0 Å². The van der Waals surface area contributed by atoms with E-state index in [-0.39, 0.29) is 24.4 Å². The van der Waals surface area contributed by atoms with Crippen molar-refractivity contribution in [2.45, 2.75) is 31.5 Å². The first-order valence-electron chi connectivity index (χ1n) is 8.18. The van der Waals surface area contributed by atoms with Crippen molar-refractivity contribution in [1.29, 1.82) is 0 Å². The van der Waals surface area contributed by atoms with Gasteiger partial charge in [0.05, 0.1) is 11.0 Å². The highest BCUT2D eigenvalue weighted by Crippen LogP contribution is 2.27. The molecule has 0 aliphatic heterocycles. The topological polar surface area (TPSA) is 93.5 Å². The molecule has 0 saturated heterocycles. The van der Waals surface area contributed by atoms with Crippen molar-refractivity contribution >= 4 is 17.5 Å². The average molecular weight is 359 g/mol. The van der Waals surface area contributed by atoms with E-state index in [1.807, 2.05) is 30.3 Å². The maximum Gasteiger partial charge on any atom is 0.407 e. The molecule has 2 aromatic rings. The highest BCUT2D eigenvalue weighted by atomic mass is 19.1. The molecule has 26 heavy (non-hydrogen) atoms. The Kier molecular flexibility index (Phi) is 5.31. The minimum absolute atomic E-state index is 0.0100. The molecular formula is C18H18FN3O4. The van der Waals surface area contributed by atoms with Crippen LogP contribution in [0, 0.1) is 15.9 Å². The molecule has 2 N–H and O–H groups in total. The van der Waals surface area contributed by atoms with Crippen molar-refractivity contribution in [3.05, 3.63) is 70.0 Å². The lowest BCUT2D eigenvalue weighted by Crippen LogP contribution is -2.49. The van der Waals surface area contributed by atoms with Gasteiger partial charge in [0, 0.05) is 23.8 Å². The zero-order chi connectivity index (χ0) is 18.5. The van der Waals surface area contributed by atoms with Gasteiger partial charge in [0.1, 0.15) is 12.4 Å². The van der Waals surface area contributed by atoms with E-state index >= 15 is 0 Å². The predicted molar refractivity (Wildman–Crippen MR) is 93.2 cm³/mol. The summed E-state index contributed by atoms with van der Waals surface area (Å²) in [5.74, 6) is -0.666. The molecule has 1 fully saturated rings. The van der Waals surface area contributed by atoms with Crippen molar-refractivity contribution in [2.24, 2.45) is 0 Å². The molecule has 2 aromatic carbocycles. The van der Waals surface area contributed by atoms with Crippen LogP contribution in [0.4, 0.5) is 20.6 Å². The number of benzene rings is 2. The first-order valence-corrected chi connectivity index (χ1v) is 8.18. The summed E-state index contributed by atoms with van der Waals surface area (Å²) in [6.45, 7) is 0.202. The molecule has 0 bridgehead atoms. The summed E-state index contributed by atoms with van der Waals surface area (Å²) < 4.78 is 18.6. The molecule has 1 aliphatic carbocycles. The van der Waals surface area contributed by atoms with Crippen LogP contribution in [0.15, 0.2) is 48.5 Å². The number of non-ortho nitro benzene ring substituents is 1. The van der Waals surface area contributed by atoms with Crippen molar-refractivity contribution in [3.8, 4) is 0 Å². The number of hydrogen-bond acceptors (Lipinski definition) is 5. The zero-order valence-corrected chi connectivity index (χ0v) is 13.9. The Labute approximate surface area is 149 Å². The molecule has 3 rings (SSSR count).